The molecule has 0 fully saturated rings. The van der Waals surface area contributed by atoms with Gasteiger partial charge in [-0.2, -0.15) is 0 Å². The first-order valence-corrected chi connectivity index (χ1v) is 9.73. The van der Waals surface area contributed by atoms with Crippen molar-refractivity contribution < 1.29 is 9.47 Å². The van der Waals surface area contributed by atoms with Crippen molar-refractivity contribution in [1.29, 1.82) is 0 Å². The lowest BCUT2D eigenvalue weighted by Crippen LogP contribution is -2.31. The molecule has 27 heavy (non-hydrogen) atoms. The predicted octanol–water partition coefficient (Wildman–Crippen LogP) is 4.49. The molecular formula is C19H29IN4O2S. The molecule has 8 heteroatoms. The number of hydrogen-bond donors (Lipinski definition) is 2. The molecule has 1 aromatic heterocycles. The summed E-state index contributed by atoms with van der Waals surface area (Å²) in [6.07, 6.45) is 3.20. The zero-order valence-corrected chi connectivity index (χ0v) is 19.5. The van der Waals surface area contributed by atoms with E-state index in [-0.39, 0.29) is 24.0 Å². The smallest absolute Gasteiger partial charge is 0.195 e. The lowest BCUT2D eigenvalue weighted by molar-refractivity contribution is 0.311. The van der Waals surface area contributed by atoms with Gasteiger partial charge in [-0.05, 0) is 45.2 Å². The van der Waals surface area contributed by atoms with E-state index in [2.05, 4.69) is 26.0 Å². The second kappa shape index (κ2) is 12.8. The Morgan fingerprint density at radius 2 is 2.07 bits per heavy atom. The van der Waals surface area contributed by atoms with E-state index in [1.54, 1.807) is 25.5 Å². The summed E-state index contributed by atoms with van der Waals surface area (Å²) in [5.41, 5.74) is 2.01. The fourth-order valence-corrected chi connectivity index (χ4v) is 3.28. The van der Waals surface area contributed by atoms with Crippen LogP contribution in [0.1, 0.15) is 30.5 Å². The molecule has 1 aromatic carbocycles. The van der Waals surface area contributed by atoms with Crippen LogP contribution in [-0.2, 0) is 6.42 Å². The van der Waals surface area contributed by atoms with Gasteiger partial charge in [0.2, 0.25) is 0 Å². The number of hydrogen-bond acceptors (Lipinski definition) is 5. The predicted molar refractivity (Wildman–Crippen MR) is 124 cm³/mol. The number of guanidine groups is 1. The minimum atomic E-state index is 0. The number of aryl methyl sites for hydroxylation is 2. The van der Waals surface area contributed by atoms with Crippen LogP contribution in [0.25, 0.3) is 0 Å². The molecular weight excluding hydrogens is 475 g/mol. The van der Waals surface area contributed by atoms with Gasteiger partial charge in [0.25, 0.3) is 0 Å². The zero-order chi connectivity index (χ0) is 18.8. The van der Waals surface area contributed by atoms with Crippen LogP contribution in [-0.4, -0.2) is 38.3 Å². The van der Waals surface area contributed by atoms with Crippen molar-refractivity contribution in [3.8, 4) is 11.5 Å². The highest BCUT2D eigenvalue weighted by molar-refractivity contribution is 14.0. The molecule has 0 radical (unpaired) electrons. The molecule has 0 bridgehead atoms. The van der Waals surface area contributed by atoms with Gasteiger partial charge in [-0.25, -0.2) is 4.98 Å². The number of benzene rings is 1. The number of methoxy groups -OCH3 is 1. The average molecular weight is 504 g/mol. The molecule has 2 N–H and O–H groups in total. The third-order valence-electron chi connectivity index (χ3n) is 3.73. The van der Waals surface area contributed by atoms with Crippen LogP contribution < -0.4 is 20.1 Å². The van der Waals surface area contributed by atoms with E-state index in [1.165, 1.54) is 5.01 Å². The molecule has 0 aliphatic carbocycles. The highest BCUT2D eigenvalue weighted by Crippen LogP contribution is 2.30. The average Bonchev–Trinajstić information content (AvgIpc) is 3.06. The first-order valence-electron chi connectivity index (χ1n) is 8.85. The summed E-state index contributed by atoms with van der Waals surface area (Å²) in [6, 6.07) is 5.75. The maximum atomic E-state index is 5.61. The van der Waals surface area contributed by atoms with Gasteiger partial charge < -0.3 is 20.1 Å². The van der Waals surface area contributed by atoms with Crippen molar-refractivity contribution in [2.45, 2.75) is 33.1 Å². The van der Waals surface area contributed by atoms with Gasteiger partial charge >= 0.3 is 0 Å². The Morgan fingerprint density at radius 1 is 1.26 bits per heavy atom. The molecule has 0 atom stereocenters. The summed E-state index contributed by atoms with van der Waals surface area (Å²) >= 11 is 1.74. The van der Waals surface area contributed by atoms with Crippen molar-refractivity contribution in [3.05, 3.63) is 34.3 Å². The van der Waals surface area contributed by atoms with Gasteiger partial charge in [0.15, 0.2) is 17.5 Å². The summed E-state index contributed by atoms with van der Waals surface area (Å²) < 4.78 is 10.9. The van der Waals surface area contributed by atoms with E-state index >= 15 is 0 Å². The Balaban J connectivity index is 0.00000364. The lowest BCUT2D eigenvalue weighted by atomic mass is 10.2. The molecule has 0 amide bonds. The van der Waals surface area contributed by atoms with Crippen LogP contribution in [0.4, 0.5) is 5.69 Å². The standard InChI is InChI=1S/C19H28N4O2S.HI/c1-5-25-17-12-15(9-10-16(17)24-4)23-19(20-3)21-11-7-6-8-18-22-14(2)13-26-18;/h9-10,12-13H,5-8,11H2,1-4H3,(H2,20,21,23);1H. The van der Waals surface area contributed by atoms with Gasteiger partial charge in [-0.1, -0.05) is 0 Å². The van der Waals surface area contributed by atoms with Crippen molar-refractivity contribution >= 4 is 47.0 Å². The number of halogens is 1. The van der Waals surface area contributed by atoms with Gasteiger partial charge in [0, 0.05) is 36.4 Å². The third kappa shape index (κ3) is 7.92. The Morgan fingerprint density at radius 3 is 2.70 bits per heavy atom. The molecule has 1 heterocycles. The molecule has 6 nitrogen and oxygen atoms in total. The van der Waals surface area contributed by atoms with E-state index in [4.69, 9.17) is 9.47 Å². The third-order valence-corrected chi connectivity index (χ3v) is 4.75. The van der Waals surface area contributed by atoms with E-state index in [1.807, 2.05) is 32.0 Å². The molecule has 0 aliphatic rings. The molecule has 0 saturated heterocycles. The molecule has 0 unspecified atom stereocenters. The quantitative estimate of drug-likeness (QED) is 0.228. The number of unbranched alkanes of at least 4 members (excludes halogenated alkanes) is 1. The summed E-state index contributed by atoms with van der Waals surface area (Å²) in [5, 5.41) is 9.94. The molecule has 0 spiro atoms. The zero-order valence-electron chi connectivity index (χ0n) is 16.4. The number of aliphatic imine (C=N–C) groups is 1. The minimum absolute atomic E-state index is 0. The first kappa shape index (κ1) is 23.5. The molecule has 0 saturated carbocycles. The number of thiazole rings is 1. The Bertz CT molecular complexity index is 721. The number of rotatable bonds is 9. The molecule has 0 aliphatic heterocycles. The molecule has 150 valence electrons. The Labute approximate surface area is 182 Å². The Hall–Kier alpha value is -1.55. The highest BCUT2D eigenvalue weighted by atomic mass is 127. The Kier molecular flexibility index (Phi) is 11.1. The van der Waals surface area contributed by atoms with Crippen molar-refractivity contribution in [1.82, 2.24) is 10.3 Å². The normalized spacial score (nSPS) is 10.9. The SMILES string of the molecule is CCOc1cc(NC(=NC)NCCCCc2nc(C)cs2)ccc1OC.I. The van der Waals surface area contributed by atoms with E-state index in [0.717, 1.165) is 48.9 Å². The van der Waals surface area contributed by atoms with E-state index < -0.39 is 0 Å². The van der Waals surface area contributed by atoms with E-state index in [9.17, 15) is 0 Å². The number of anilines is 1. The second-order valence-corrected chi connectivity index (χ2v) is 6.71. The number of nitrogens with one attached hydrogen (secondary N) is 2. The second-order valence-electron chi connectivity index (χ2n) is 5.76. The number of nitrogens with zero attached hydrogens (tertiary/aromatic N) is 2. The summed E-state index contributed by atoms with van der Waals surface area (Å²) in [7, 11) is 3.40. The van der Waals surface area contributed by atoms with Gasteiger partial charge in [-0.3, -0.25) is 4.99 Å². The largest absolute Gasteiger partial charge is 0.493 e. The summed E-state index contributed by atoms with van der Waals surface area (Å²) in [5.74, 6) is 2.18. The maximum absolute atomic E-state index is 5.61. The number of ether oxygens (including phenoxy) is 2. The van der Waals surface area contributed by atoms with Crippen molar-refractivity contribution in [2.75, 3.05) is 32.6 Å². The fraction of sp³-hybridized carbons (Fsp3) is 0.474. The van der Waals surface area contributed by atoms with Crippen molar-refractivity contribution in [2.24, 2.45) is 4.99 Å². The number of aromatic nitrogens is 1. The van der Waals surface area contributed by atoms with Crippen LogP contribution in [0, 0.1) is 6.92 Å². The van der Waals surface area contributed by atoms with Gasteiger partial charge in [-0.15, -0.1) is 35.3 Å². The first-order chi connectivity index (χ1) is 12.7. The van der Waals surface area contributed by atoms with Crippen LogP contribution >= 0.6 is 35.3 Å². The summed E-state index contributed by atoms with van der Waals surface area (Å²) in [4.78, 5) is 8.77. The van der Waals surface area contributed by atoms with Gasteiger partial charge in [0.1, 0.15) is 0 Å². The van der Waals surface area contributed by atoms with Crippen molar-refractivity contribution in [3.63, 3.8) is 0 Å². The fourth-order valence-electron chi connectivity index (χ4n) is 2.46. The van der Waals surface area contributed by atoms with E-state index in [0.29, 0.717) is 12.4 Å². The van der Waals surface area contributed by atoms with Gasteiger partial charge in [0.05, 0.1) is 18.7 Å². The minimum Gasteiger partial charge on any atom is -0.493 e. The monoisotopic (exact) mass is 504 g/mol. The maximum Gasteiger partial charge on any atom is 0.195 e. The molecule has 2 rings (SSSR count). The highest BCUT2D eigenvalue weighted by Gasteiger charge is 2.07. The van der Waals surface area contributed by atoms with Crippen LogP contribution in [0.15, 0.2) is 28.6 Å². The topological polar surface area (TPSA) is 67.8 Å². The lowest BCUT2D eigenvalue weighted by Gasteiger charge is -2.14. The van der Waals surface area contributed by atoms with Crippen LogP contribution in [0.3, 0.4) is 0 Å². The molecule has 2 aromatic rings. The van der Waals surface area contributed by atoms with Crippen LogP contribution in [0.5, 0.6) is 11.5 Å². The van der Waals surface area contributed by atoms with Crippen LogP contribution in [0.2, 0.25) is 0 Å². The summed E-state index contributed by atoms with van der Waals surface area (Å²) in [6.45, 7) is 5.43.